The molecule has 1 aromatic heterocycles. The Morgan fingerprint density at radius 2 is 1.78 bits per heavy atom. The molecule has 1 saturated heterocycles. The van der Waals surface area contributed by atoms with Gasteiger partial charge in [0, 0.05) is 26.2 Å². The number of hydrogen-bond acceptors (Lipinski definition) is 5. The summed E-state index contributed by atoms with van der Waals surface area (Å²) in [5, 5.41) is 3.93. The third kappa shape index (κ3) is 3.64. The monoisotopic (exact) mass is 391 g/mol. The first-order valence-corrected chi connectivity index (χ1v) is 10.5. The van der Waals surface area contributed by atoms with Crippen LogP contribution in [-0.4, -0.2) is 54.9 Å². The second kappa shape index (κ2) is 7.44. The van der Waals surface area contributed by atoms with Crippen molar-refractivity contribution in [1.82, 2.24) is 14.4 Å². The van der Waals surface area contributed by atoms with Gasteiger partial charge in [-0.15, -0.1) is 0 Å². The van der Waals surface area contributed by atoms with E-state index in [-0.39, 0.29) is 19.0 Å². The smallest absolute Gasteiger partial charge is 0.259 e. The van der Waals surface area contributed by atoms with E-state index in [0.717, 1.165) is 11.1 Å². The first kappa shape index (κ1) is 19.6. The fraction of sp³-hybridized carbons (Fsp3) is 0.474. The largest absolute Gasteiger partial charge is 0.361 e. The predicted octanol–water partition coefficient (Wildman–Crippen LogP) is 2.31. The van der Waals surface area contributed by atoms with Crippen LogP contribution in [0, 0.1) is 20.8 Å². The van der Waals surface area contributed by atoms with Crippen molar-refractivity contribution in [3.05, 3.63) is 46.3 Å². The SMILES string of the molecule is CCc1noc(C)c1C(=O)N1CCN(S(=O)(=O)c2ccc(C)c(C)c2)CC1. The van der Waals surface area contributed by atoms with Crippen LogP contribution in [0.3, 0.4) is 0 Å². The maximum absolute atomic E-state index is 12.9. The number of hydrogen-bond donors (Lipinski definition) is 0. The molecule has 1 amide bonds. The van der Waals surface area contributed by atoms with Crippen LogP contribution in [0.15, 0.2) is 27.6 Å². The van der Waals surface area contributed by atoms with Gasteiger partial charge >= 0.3 is 0 Å². The standard InChI is InChI=1S/C19H25N3O4S/c1-5-17-18(15(4)26-20-17)19(23)21-8-10-22(11-9-21)27(24,25)16-7-6-13(2)14(3)12-16/h6-7,12H,5,8-11H2,1-4H3. The molecule has 0 bridgehead atoms. The Balaban J connectivity index is 1.74. The number of carbonyl (C=O) groups is 1. The lowest BCUT2D eigenvalue weighted by atomic mass is 10.1. The van der Waals surface area contributed by atoms with Crippen molar-refractivity contribution in [3.8, 4) is 0 Å². The zero-order valence-electron chi connectivity index (χ0n) is 16.2. The zero-order chi connectivity index (χ0) is 19.8. The minimum absolute atomic E-state index is 0.145. The summed E-state index contributed by atoms with van der Waals surface area (Å²) in [7, 11) is -3.56. The summed E-state index contributed by atoms with van der Waals surface area (Å²) < 4.78 is 32.4. The fourth-order valence-corrected chi connectivity index (χ4v) is 4.75. The molecule has 1 aliphatic rings. The van der Waals surface area contributed by atoms with Crippen LogP contribution in [0.1, 0.15) is 39.9 Å². The van der Waals surface area contributed by atoms with E-state index >= 15 is 0 Å². The molecular formula is C19H25N3O4S. The van der Waals surface area contributed by atoms with Gasteiger partial charge < -0.3 is 9.42 Å². The third-order valence-electron chi connectivity index (χ3n) is 5.12. The van der Waals surface area contributed by atoms with Crippen LogP contribution < -0.4 is 0 Å². The molecule has 3 rings (SSSR count). The molecule has 0 saturated carbocycles. The number of aromatic nitrogens is 1. The van der Waals surface area contributed by atoms with Gasteiger partial charge in [-0.05, 0) is 50.5 Å². The number of benzene rings is 1. The van der Waals surface area contributed by atoms with Crippen molar-refractivity contribution in [2.24, 2.45) is 0 Å². The number of aryl methyl sites for hydroxylation is 4. The molecule has 1 aromatic carbocycles. The second-order valence-electron chi connectivity index (χ2n) is 6.86. The predicted molar refractivity (Wildman–Crippen MR) is 101 cm³/mol. The summed E-state index contributed by atoms with van der Waals surface area (Å²) in [6.45, 7) is 8.72. The molecule has 7 nitrogen and oxygen atoms in total. The van der Waals surface area contributed by atoms with Gasteiger partial charge in [-0.1, -0.05) is 18.1 Å². The Morgan fingerprint density at radius 1 is 1.11 bits per heavy atom. The zero-order valence-corrected chi connectivity index (χ0v) is 17.0. The average molecular weight is 391 g/mol. The molecule has 0 spiro atoms. The van der Waals surface area contributed by atoms with Crippen LogP contribution >= 0.6 is 0 Å². The van der Waals surface area contributed by atoms with Crippen LogP contribution in [0.5, 0.6) is 0 Å². The summed E-state index contributed by atoms with van der Waals surface area (Å²) in [5.74, 6) is 0.357. The summed E-state index contributed by atoms with van der Waals surface area (Å²) >= 11 is 0. The summed E-state index contributed by atoms with van der Waals surface area (Å²) in [5.41, 5.74) is 3.14. The molecule has 0 unspecified atom stereocenters. The lowest BCUT2D eigenvalue weighted by Crippen LogP contribution is -2.50. The maximum atomic E-state index is 12.9. The van der Waals surface area contributed by atoms with Crippen LogP contribution in [0.2, 0.25) is 0 Å². The summed E-state index contributed by atoms with van der Waals surface area (Å²) in [6.07, 6.45) is 0.611. The number of nitrogens with zero attached hydrogens (tertiary/aromatic N) is 3. The van der Waals surface area contributed by atoms with E-state index < -0.39 is 10.0 Å². The Labute approximate surface area is 160 Å². The Morgan fingerprint density at radius 3 is 2.37 bits per heavy atom. The maximum Gasteiger partial charge on any atom is 0.259 e. The van der Waals surface area contributed by atoms with E-state index in [0.29, 0.717) is 41.4 Å². The van der Waals surface area contributed by atoms with Crippen molar-refractivity contribution in [3.63, 3.8) is 0 Å². The molecule has 0 N–H and O–H groups in total. The van der Waals surface area contributed by atoms with E-state index in [1.807, 2.05) is 26.8 Å². The Kier molecular flexibility index (Phi) is 5.39. The molecule has 1 aliphatic heterocycles. The molecule has 2 aromatic rings. The van der Waals surface area contributed by atoms with E-state index in [4.69, 9.17) is 4.52 Å². The molecule has 0 atom stereocenters. The quantitative estimate of drug-likeness (QED) is 0.799. The van der Waals surface area contributed by atoms with Gasteiger partial charge in [0.25, 0.3) is 5.91 Å². The molecule has 1 fully saturated rings. The number of sulfonamides is 1. The first-order valence-electron chi connectivity index (χ1n) is 9.07. The highest BCUT2D eigenvalue weighted by Gasteiger charge is 2.32. The average Bonchev–Trinajstić information content (AvgIpc) is 3.04. The lowest BCUT2D eigenvalue weighted by molar-refractivity contribution is 0.0695. The van der Waals surface area contributed by atoms with Crippen molar-refractivity contribution in [2.45, 2.75) is 39.0 Å². The van der Waals surface area contributed by atoms with E-state index in [2.05, 4.69) is 5.16 Å². The molecule has 27 heavy (non-hydrogen) atoms. The Hall–Kier alpha value is -2.19. The first-order chi connectivity index (χ1) is 12.8. The normalized spacial score (nSPS) is 15.9. The van der Waals surface area contributed by atoms with Gasteiger partial charge in [0.15, 0.2) is 0 Å². The third-order valence-corrected chi connectivity index (χ3v) is 7.02. The molecule has 0 radical (unpaired) electrons. The van der Waals surface area contributed by atoms with Crippen LogP contribution in [0.25, 0.3) is 0 Å². The number of amides is 1. The molecule has 0 aliphatic carbocycles. The van der Waals surface area contributed by atoms with Crippen molar-refractivity contribution in [2.75, 3.05) is 26.2 Å². The van der Waals surface area contributed by atoms with Crippen LogP contribution in [0.4, 0.5) is 0 Å². The highest BCUT2D eigenvalue weighted by molar-refractivity contribution is 7.89. The topological polar surface area (TPSA) is 83.7 Å². The van der Waals surface area contributed by atoms with E-state index in [9.17, 15) is 13.2 Å². The van der Waals surface area contributed by atoms with Crippen molar-refractivity contribution < 1.29 is 17.7 Å². The second-order valence-corrected chi connectivity index (χ2v) is 8.79. The van der Waals surface area contributed by atoms with Gasteiger partial charge in [-0.3, -0.25) is 4.79 Å². The van der Waals surface area contributed by atoms with E-state index in [1.165, 1.54) is 4.31 Å². The highest BCUT2D eigenvalue weighted by Crippen LogP contribution is 2.22. The fourth-order valence-electron chi connectivity index (χ4n) is 3.25. The lowest BCUT2D eigenvalue weighted by Gasteiger charge is -2.34. The van der Waals surface area contributed by atoms with Crippen molar-refractivity contribution >= 4 is 15.9 Å². The van der Waals surface area contributed by atoms with Gasteiger partial charge in [0.05, 0.1) is 10.6 Å². The van der Waals surface area contributed by atoms with Gasteiger partial charge in [-0.2, -0.15) is 4.31 Å². The van der Waals surface area contributed by atoms with Crippen LogP contribution in [-0.2, 0) is 16.4 Å². The molecule has 2 heterocycles. The number of piperazine rings is 1. The minimum Gasteiger partial charge on any atom is -0.361 e. The minimum atomic E-state index is -3.56. The molecular weight excluding hydrogens is 366 g/mol. The van der Waals surface area contributed by atoms with E-state index in [1.54, 1.807) is 24.0 Å². The summed E-state index contributed by atoms with van der Waals surface area (Å²) in [6, 6.07) is 5.17. The number of rotatable bonds is 4. The Bertz CT molecular complexity index is 957. The van der Waals surface area contributed by atoms with Gasteiger partial charge in [-0.25, -0.2) is 8.42 Å². The van der Waals surface area contributed by atoms with Gasteiger partial charge in [0.2, 0.25) is 10.0 Å². The van der Waals surface area contributed by atoms with Crippen molar-refractivity contribution in [1.29, 1.82) is 0 Å². The molecule has 146 valence electrons. The highest BCUT2D eigenvalue weighted by atomic mass is 32.2. The van der Waals surface area contributed by atoms with Gasteiger partial charge in [0.1, 0.15) is 11.3 Å². The number of carbonyl (C=O) groups excluding carboxylic acids is 1. The summed E-state index contributed by atoms with van der Waals surface area (Å²) in [4.78, 5) is 14.8. The molecule has 8 heteroatoms.